The van der Waals surface area contributed by atoms with E-state index in [4.69, 9.17) is 28.3 Å². The zero-order chi connectivity index (χ0) is 25.3. The van der Waals surface area contributed by atoms with E-state index in [0.29, 0.717) is 28.0 Å². The lowest BCUT2D eigenvalue weighted by Crippen LogP contribution is -2.13. The predicted molar refractivity (Wildman–Crippen MR) is 125 cm³/mol. The molecule has 2 heterocycles. The smallest absolute Gasteiger partial charge is 0.433 e. The number of rotatable bonds is 6. The van der Waals surface area contributed by atoms with Gasteiger partial charge in [-0.3, -0.25) is 9.59 Å². The maximum absolute atomic E-state index is 12.7. The molecule has 0 fully saturated rings. The van der Waals surface area contributed by atoms with Gasteiger partial charge in [0.15, 0.2) is 0 Å². The number of aryl methyl sites for hydroxylation is 1. The highest BCUT2D eigenvalue weighted by molar-refractivity contribution is 6.39. The summed E-state index contributed by atoms with van der Waals surface area (Å²) in [5.41, 5.74) is 1.39. The number of carboxylic acids is 1. The number of amides is 1. The summed E-state index contributed by atoms with van der Waals surface area (Å²) >= 11 is 12.8. The minimum atomic E-state index is -4.57. The van der Waals surface area contributed by atoms with Crippen molar-refractivity contribution in [3.05, 3.63) is 75.5 Å². The number of carboxylic acid groups (broad SMARTS) is 1. The van der Waals surface area contributed by atoms with Crippen LogP contribution in [0.15, 0.2) is 48.7 Å². The molecule has 2 aromatic carbocycles. The highest BCUT2D eigenvalue weighted by atomic mass is 35.5. The summed E-state index contributed by atoms with van der Waals surface area (Å²) in [5, 5.41) is 11.9. The number of H-pyrrole nitrogens is 1. The third-order valence-corrected chi connectivity index (χ3v) is 5.62. The van der Waals surface area contributed by atoms with E-state index in [1.807, 2.05) is 0 Å². The number of fused-ring (bicyclic) bond motifs is 1. The maximum Gasteiger partial charge on any atom is 0.433 e. The number of hydrogen-bond acceptors (Lipinski definition) is 4. The van der Waals surface area contributed by atoms with Gasteiger partial charge in [-0.25, -0.2) is 9.97 Å². The molecule has 3 N–H and O–H groups in total. The Bertz CT molecular complexity index is 1410. The summed E-state index contributed by atoms with van der Waals surface area (Å²) in [6, 6.07) is 9.77. The summed E-state index contributed by atoms with van der Waals surface area (Å²) in [4.78, 5) is 34.2. The van der Waals surface area contributed by atoms with Crippen LogP contribution < -0.4 is 5.32 Å². The normalized spacial score (nSPS) is 11.6. The van der Waals surface area contributed by atoms with Crippen LogP contribution in [0, 0.1) is 0 Å². The number of halogens is 5. The summed E-state index contributed by atoms with van der Waals surface area (Å²) < 4.78 is 38.0. The number of alkyl halides is 3. The topological polar surface area (TPSA) is 108 Å². The second kappa shape index (κ2) is 9.55. The number of nitrogens with zero attached hydrogens (tertiary/aromatic N) is 2. The first kappa shape index (κ1) is 24.5. The van der Waals surface area contributed by atoms with E-state index in [1.165, 1.54) is 12.1 Å². The quantitative estimate of drug-likeness (QED) is 0.278. The fourth-order valence-electron chi connectivity index (χ4n) is 3.36. The van der Waals surface area contributed by atoms with Crippen LogP contribution in [-0.4, -0.2) is 31.9 Å². The van der Waals surface area contributed by atoms with Crippen molar-refractivity contribution in [2.24, 2.45) is 0 Å². The molecule has 180 valence electrons. The summed E-state index contributed by atoms with van der Waals surface area (Å²) in [5.74, 6) is -1.14. The van der Waals surface area contributed by atoms with Gasteiger partial charge in [-0.1, -0.05) is 23.2 Å². The number of carbonyl (C=O) groups is 2. The van der Waals surface area contributed by atoms with Crippen LogP contribution in [-0.2, 0) is 17.4 Å². The fourth-order valence-corrected chi connectivity index (χ4v) is 4.07. The monoisotopic (exact) mass is 522 g/mol. The number of benzene rings is 2. The van der Waals surface area contributed by atoms with Gasteiger partial charge in [-0.05, 0) is 54.4 Å². The average Bonchev–Trinajstić information content (AvgIpc) is 3.19. The summed E-state index contributed by atoms with van der Waals surface area (Å²) in [6.45, 7) is 0. The van der Waals surface area contributed by atoms with Crippen molar-refractivity contribution >= 4 is 51.8 Å². The zero-order valence-corrected chi connectivity index (χ0v) is 19.1. The molecule has 0 spiro atoms. The molecule has 2 aromatic heterocycles. The molecule has 35 heavy (non-hydrogen) atoms. The molecule has 0 radical (unpaired) electrons. The van der Waals surface area contributed by atoms with Crippen LogP contribution in [0.3, 0.4) is 0 Å². The molecule has 7 nitrogen and oxygen atoms in total. The molecule has 0 bridgehead atoms. The second-order valence-electron chi connectivity index (χ2n) is 7.53. The van der Waals surface area contributed by atoms with Crippen LogP contribution in [0.1, 0.15) is 28.0 Å². The van der Waals surface area contributed by atoms with Crippen molar-refractivity contribution in [3.8, 4) is 11.4 Å². The Labute approximate surface area is 205 Å². The Hall–Kier alpha value is -3.63. The van der Waals surface area contributed by atoms with Gasteiger partial charge in [0.25, 0.3) is 5.91 Å². The SMILES string of the molecule is O=C(O)CCc1cc(Cl)c(-c2nc3ccc(C(=O)Nc4ccc(C(F)(F)F)nc4)cc3[nH]2)c(Cl)c1. The Kier molecular flexibility index (Phi) is 6.68. The van der Waals surface area contributed by atoms with Gasteiger partial charge in [0.2, 0.25) is 0 Å². The predicted octanol–water partition coefficient (Wildman–Crippen LogP) is 6.22. The van der Waals surface area contributed by atoms with E-state index >= 15 is 0 Å². The minimum absolute atomic E-state index is 0.0655. The van der Waals surface area contributed by atoms with Crippen molar-refractivity contribution < 1.29 is 27.9 Å². The van der Waals surface area contributed by atoms with Gasteiger partial charge in [0.1, 0.15) is 11.5 Å². The van der Waals surface area contributed by atoms with Crippen molar-refractivity contribution in [3.63, 3.8) is 0 Å². The van der Waals surface area contributed by atoms with Crippen LogP contribution in [0.4, 0.5) is 18.9 Å². The first-order valence-electron chi connectivity index (χ1n) is 10.1. The number of aliphatic carboxylic acids is 1. The number of imidazole rings is 1. The first-order valence-corrected chi connectivity index (χ1v) is 10.8. The lowest BCUT2D eigenvalue weighted by atomic mass is 10.1. The molecular formula is C23H15Cl2F3N4O3. The third kappa shape index (κ3) is 5.55. The van der Waals surface area contributed by atoms with Crippen molar-refractivity contribution in [2.45, 2.75) is 19.0 Å². The zero-order valence-electron chi connectivity index (χ0n) is 17.6. The number of aromatic amines is 1. The fraction of sp³-hybridized carbons (Fsp3) is 0.130. The van der Waals surface area contributed by atoms with E-state index in [9.17, 15) is 22.8 Å². The van der Waals surface area contributed by atoms with E-state index in [2.05, 4.69) is 20.3 Å². The molecular weight excluding hydrogens is 508 g/mol. The molecule has 4 rings (SSSR count). The summed E-state index contributed by atoms with van der Waals surface area (Å²) in [6.07, 6.45) is -3.44. The highest BCUT2D eigenvalue weighted by Crippen LogP contribution is 2.36. The Morgan fingerprint density at radius 2 is 1.77 bits per heavy atom. The molecule has 0 saturated heterocycles. The van der Waals surface area contributed by atoms with E-state index < -0.39 is 23.7 Å². The maximum atomic E-state index is 12.7. The van der Waals surface area contributed by atoms with Crippen molar-refractivity contribution in [1.82, 2.24) is 15.0 Å². The van der Waals surface area contributed by atoms with Crippen LogP contribution in [0.25, 0.3) is 22.4 Å². The van der Waals surface area contributed by atoms with Crippen LogP contribution in [0.2, 0.25) is 10.0 Å². The Morgan fingerprint density at radius 1 is 1.06 bits per heavy atom. The molecule has 0 atom stereocenters. The molecule has 1 amide bonds. The minimum Gasteiger partial charge on any atom is -0.481 e. The number of nitrogens with one attached hydrogen (secondary N) is 2. The molecule has 0 saturated carbocycles. The third-order valence-electron chi connectivity index (χ3n) is 5.02. The van der Waals surface area contributed by atoms with Crippen molar-refractivity contribution in [2.75, 3.05) is 5.32 Å². The van der Waals surface area contributed by atoms with E-state index in [-0.39, 0.29) is 34.1 Å². The molecule has 0 aliphatic rings. The average molecular weight is 523 g/mol. The number of pyridine rings is 1. The molecule has 0 unspecified atom stereocenters. The van der Waals surface area contributed by atoms with E-state index in [1.54, 1.807) is 18.2 Å². The number of anilines is 1. The molecule has 0 aliphatic carbocycles. The largest absolute Gasteiger partial charge is 0.481 e. The number of carbonyl (C=O) groups excluding carboxylic acids is 1. The van der Waals surface area contributed by atoms with Gasteiger partial charge in [-0.15, -0.1) is 0 Å². The van der Waals surface area contributed by atoms with Gasteiger partial charge in [-0.2, -0.15) is 13.2 Å². The van der Waals surface area contributed by atoms with E-state index in [0.717, 1.165) is 18.3 Å². The summed E-state index contributed by atoms with van der Waals surface area (Å²) in [7, 11) is 0. The van der Waals surface area contributed by atoms with Gasteiger partial charge in [0, 0.05) is 12.0 Å². The lowest BCUT2D eigenvalue weighted by molar-refractivity contribution is -0.141. The Balaban J connectivity index is 1.57. The first-order chi connectivity index (χ1) is 16.5. The number of hydrogen-bond donors (Lipinski definition) is 3. The van der Waals surface area contributed by atoms with Crippen LogP contribution >= 0.6 is 23.2 Å². The standard InChI is InChI=1S/C23H15Cl2F3N4O3/c24-14-7-11(1-6-19(33)34)8-15(25)20(14)21-31-16-4-2-12(9-17(16)32-21)22(35)30-13-3-5-18(29-10-13)23(26,27)28/h2-5,7-10H,1,6H2,(H,30,35)(H,31,32)(H,33,34). The lowest BCUT2D eigenvalue weighted by Gasteiger charge is -2.08. The Morgan fingerprint density at radius 3 is 2.37 bits per heavy atom. The highest BCUT2D eigenvalue weighted by Gasteiger charge is 2.32. The van der Waals surface area contributed by atoms with Crippen LogP contribution in [0.5, 0.6) is 0 Å². The molecule has 4 aromatic rings. The number of aromatic nitrogens is 3. The molecule has 12 heteroatoms. The second-order valence-corrected chi connectivity index (χ2v) is 8.34. The van der Waals surface area contributed by atoms with Gasteiger partial charge < -0.3 is 15.4 Å². The van der Waals surface area contributed by atoms with Gasteiger partial charge in [0.05, 0.1) is 38.5 Å². The molecule has 0 aliphatic heterocycles. The van der Waals surface area contributed by atoms with Gasteiger partial charge >= 0.3 is 12.1 Å². The van der Waals surface area contributed by atoms with Crippen molar-refractivity contribution in [1.29, 1.82) is 0 Å².